The summed E-state index contributed by atoms with van der Waals surface area (Å²) in [6.45, 7) is 10.4. The second-order valence-corrected chi connectivity index (χ2v) is 6.89. The number of amides is 1. The van der Waals surface area contributed by atoms with Crippen LogP contribution in [0, 0.1) is 19.8 Å². The Balaban J connectivity index is 2.04. The molecule has 2 atom stereocenters. The lowest BCUT2D eigenvalue weighted by molar-refractivity contribution is -0.141. The van der Waals surface area contributed by atoms with E-state index >= 15 is 0 Å². The fraction of sp³-hybridized carbons (Fsp3) is 0.667. The zero-order chi connectivity index (χ0) is 18.0. The number of aliphatic hydroxyl groups is 1. The quantitative estimate of drug-likeness (QED) is 0.828. The summed E-state index contributed by atoms with van der Waals surface area (Å²) in [4.78, 5) is 29.6. The summed E-state index contributed by atoms with van der Waals surface area (Å²) in [5.41, 5.74) is 2.40. The number of nitrogens with zero attached hydrogens (tertiary/aromatic N) is 1. The van der Waals surface area contributed by atoms with Crippen LogP contribution in [0.15, 0.2) is 0 Å². The molecule has 1 aliphatic heterocycles. The SMILES string of the molecule is Cc1[nH]c(C(=O)O[C@@H](C)C(=O)N2CCC(C)CC2)c(C)c1[C@@H](C)O. The highest BCUT2D eigenvalue weighted by molar-refractivity contribution is 5.92. The normalized spacial score (nSPS) is 18.3. The average molecular weight is 336 g/mol. The van der Waals surface area contributed by atoms with Gasteiger partial charge in [0.1, 0.15) is 5.69 Å². The number of carbonyl (C=O) groups excluding carboxylic acids is 2. The van der Waals surface area contributed by atoms with Gasteiger partial charge in [0, 0.05) is 24.3 Å². The maximum Gasteiger partial charge on any atom is 0.355 e. The van der Waals surface area contributed by atoms with E-state index < -0.39 is 18.2 Å². The first-order valence-electron chi connectivity index (χ1n) is 8.59. The number of hydrogen-bond donors (Lipinski definition) is 2. The van der Waals surface area contributed by atoms with Gasteiger partial charge >= 0.3 is 5.97 Å². The van der Waals surface area contributed by atoms with Crippen molar-refractivity contribution < 1.29 is 19.4 Å². The zero-order valence-corrected chi connectivity index (χ0v) is 15.2. The molecule has 0 bridgehead atoms. The third-order valence-electron chi connectivity index (χ3n) is 4.84. The fourth-order valence-electron chi connectivity index (χ4n) is 3.35. The van der Waals surface area contributed by atoms with Crippen LogP contribution < -0.4 is 0 Å². The van der Waals surface area contributed by atoms with Crippen molar-refractivity contribution >= 4 is 11.9 Å². The van der Waals surface area contributed by atoms with Crippen molar-refractivity contribution in [2.75, 3.05) is 13.1 Å². The number of ether oxygens (including phenoxy) is 1. The number of likely N-dealkylation sites (tertiary alicyclic amines) is 1. The Kier molecular flexibility index (Phi) is 5.70. The van der Waals surface area contributed by atoms with Crippen LogP contribution in [0.3, 0.4) is 0 Å². The van der Waals surface area contributed by atoms with Crippen molar-refractivity contribution in [3.05, 3.63) is 22.5 Å². The molecular formula is C18H28N2O4. The van der Waals surface area contributed by atoms with Gasteiger partial charge < -0.3 is 19.7 Å². The highest BCUT2D eigenvalue weighted by Gasteiger charge is 2.28. The number of aryl methyl sites for hydroxylation is 1. The molecule has 2 N–H and O–H groups in total. The third kappa shape index (κ3) is 3.80. The Morgan fingerprint density at radius 1 is 1.25 bits per heavy atom. The van der Waals surface area contributed by atoms with Gasteiger partial charge in [0.2, 0.25) is 0 Å². The Morgan fingerprint density at radius 3 is 2.33 bits per heavy atom. The summed E-state index contributed by atoms with van der Waals surface area (Å²) < 4.78 is 5.36. The summed E-state index contributed by atoms with van der Waals surface area (Å²) in [7, 11) is 0. The van der Waals surface area contributed by atoms with Gasteiger partial charge in [-0.25, -0.2) is 4.79 Å². The van der Waals surface area contributed by atoms with Crippen LogP contribution in [-0.2, 0) is 9.53 Å². The third-order valence-corrected chi connectivity index (χ3v) is 4.84. The largest absolute Gasteiger partial charge is 0.448 e. The number of aromatic amines is 1. The number of nitrogens with one attached hydrogen (secondary N) is 1. The van der Waals surface area contributed by atoms with E-state index in [1.165, 1.54) is 0 Å². The summed E-state index contributed by atoms with van der Waals surface area (Å²) in [5.74, 6) is -0.0731. The summed E-state index contributed by atoms with van der Waals surface area (Å²) in [6.07, 6.45) is 0.485. The van der Waals surface area contributed by atoms with E-state index in [4.69, 9.17) is 4.74 Å². The van der Waals surface area contributed by atoms with Crippen molar-refractivity contribution in [1.82, 2.24) is 9.88 Å². The molecule has 6 nitrogen and oxygen atoms in total. The zero-order valence-electron chi connectivity index (χ0n) is 15.2. The Labute approximate surface area is 143 Å². The number of aliphatic hydroxyl groups excluding tert-OH is 1. The maximum atomic E-state index is 12.4. The van der Waals surface area contributed by atoms with Crippen LogP contribution >= 0.6 is 0 Å². The molecule has 24 heavy (non-hydrogen) atoms. The lowest BCUT2D eigenvalue weighted by Crippen LogP contribution is -2.44. The van der Waals surface area contributed by atoms with Crippen molar-refractivity contribution in [2.24, 2.45) is 5.92 Å². The summed E-state index contributed by atoms with van der Waals surface area (Å²) >= 11 is 0. The summed E-state index contributed by atoms with van der Waals surface area (Å²) in [6, 6.07) is 0. The van der Waals surface area contributed by atoms with Crippen LogP contribution in [0.5, 0.6) is 0 Å². The van der Waals surface area contributed by atoms with Crippen LogP contribution in [0.2, 0.25) is 0 Å². The molecule has 0 aliphatic carbocycles. The molecule has 2 rings (SSSR count). The first-order chi connectivity index (χ1) is 11.2. The molecule has 0 unspecified atom stereocenters. The van der Waals surface area contributed by atoms with E-state index in [1.54, 1.807) is 32.6 Å². The highest BCUT2D eigenvalue weighted by atomic mass is 16.5. The van der Waals surface area contributed by atoms with Gasteiger partial charge in [-0.1, -0.05) is 6.92 Å². The number of H-pyrrole nitrogens is 1. The van der Waals surface area contributed by atoms with E-state index in [2.05, 4.69) is 11.9 Å². The van der Waals surface area contributed by atoms with Gasteiger partial charge in [-0.05, 0) is 52.0 Å². The van der Waals surface area contributed by atoms with E-state index in [9.17, 15) is 14.7 Å². The molecule has 2 heterocycles. The van der Waals surface area contributed by atoms with E-state index in [1.807, 2.05) is 0 Å². The fourth-order valence-corrected chi connectivity index (χ4v) is 3.35. The van der Waals surface area contributed by atoms with Gasteiger partial charge in [-0.15, -0.1) is 0 Å². The van der Waals surface area contributed by atoms with Crippen LogP contribution in [-0.4, -0.2) is 46.1 Å². The molecule has 1 aliphatic rings. The van der Waals surface area contributed by atoms with Crippen LogP contribution in [0.25, 0.3) is 0 Å². The summed E-state index contributed by atoms with van der Waals surface area (Å²) in [5, 5.41) is 9.81. The first-order valence-corrected chi connectivity index (χ1v) is 8.59. The molecule has 134 valence electrons. The molecule has 1 fully saturated rings. The van der Waals surface area contributed by atoms with Crippen molar-refractivity contribution in [2.45, 2.75) is 59.7 Å². The first kappa shape index (κ1) is 18.5. The molecule has 1 aromatic heterocycles. The predicted octanol–water partition coefficient (Wildman–Crippen LogP) is 2.49. The lowest BCUT2D eigenvalue weighted by Gasteiger charge is -2.31. The second-order valence-electron chi connectivity index (χ2n) is 6.89. The standard InChI is InChI=1S/C18H28N2O4/c1-10-6-8-20(9-7-10)17(22)14(5)24-18(23)16-11(2)15(13(4)21)12(3)19-16/h10,13-14,19,21H,6-9H2,1-5H3/t13-,14+/m1/s1. The topological polar surface area (TPSA) is 82.6 Å². The van der Waals surface area contributed by atoms with E-state index in [0.29, 0.717) is 35.8 Å². The minimum absolute atomic E-state index is 0.146. The number of aromatic nitrogens is 1. The minimum Gasteiger partial charge on any atom is -0.448 e. The lowest BCUT2D eigenvalue weighted by atomic mass is 9.99. The molecule has 0 saturated carbocycles. The molecule has 1 amide bonds. The molecular weight excluding hydrogens is 308 g/mol. The smallest absolute Gasteiger partial charge is 0.355 e. The number of hydrogen-bond acceptors (Lipinski definition) is 4. The van der Waals surface area contributed by atoms with E-state index in [0.717, 1.165) is 18.5 Å². The molecule has 0 radical (unpaired) electrons. The number of piperidine rings is 1. The van der Waals surface area contributed by atoms with Gasteiger partial charge in [0.25, 0.3) is 5.91 Å². The van der Waals surface area contributed by atoms with Crippen LogP contribution in [0.1, 0.15) is 67.0 Å². The minimum atomic E-state index is -0.816. The molecule has 1 aromatic rings. The molecule has 6 heteroatoms. The molecule has 0 spiro atoms. The number of rotatable bonds is 4. The Bertz CT molecular complexity index is 613. The maximum absolute atomic E-state index is 12.4. The van der Waals surface area contributed by atoms with Gasteiger partial charge in [0.05, 0.1) is 6.10 Å². The van der Waals surface area contributed by atoms with Crippen LogP contribution in [0.4, 0.5) is 0 Å². The van der Waals surface area contributed by atoms with E-state index in [-0.39, 0.29) is 5.91 Å². The molecule has 0 aromatic carbocycles. The predicted molar refractivity (Wildman–Crippen MR) is 90.8 cm³/mol. The Morgan fingerprint density at radius 2 is 1.83 bits per heavy atom. The number of esters is 1. The monoisotopic (exact) mass is 336 g/mol. The van der Waals surface area contributed by atoms with Gasteiger partial charge in [-0.3, -0.25) is 4.79 Å². The molecule has 1 saturated heterocycles. The van der Waals surface area contributed by atoms with Crippen molar-refractivity contribution in [3.8, 4) is 0 Å². The van der Waals surface area contributed by atoms with Gasteiger partial charge in [0.15, 0.2) is 6.10 Å². The highest BCUT2D eigenvalue weighted by Crippen LogP contribution is 2.25. The number of carbonyl (C=O) groups is 2. The average Bonchev–Trinajstić information content (AvgIpc) is 2.82. The van der Waals surface area contributed by atoms with Gasteiger partial charge in [-0.2, -0.15) is 0 Å². The van der Waals surface area contributed by atoms with Crippen molar-refractivity contribution in [1.29, 1.82) is 0 Å². The second kappa shape index (κ2) is 7.38. The Hall–Kier alpha value is -1.82. The van der Waals surface area contributed by atoms with Crippen molar-refractivity contribution in [3.63, 3.8) is 0 Å².